The highest BCUT2D eigenvalue weighted by atomic mass is 35.5. The second-order valence-electron chi connectivity index (χ2n) is 5.75. The second kappa shape index (κ2) is 7.66. The lowest BCUT2D eigenvalue weighted by molar-refractivity contribution is -0.115. The van der Waals surface area contributed by atoms with E-state index in [1.807, 2.05) is 36.4 Å². The van der Waals surface area contributed by atoms with Gasteiger partial charge in [-0.1, -0.05) is 53.3 Å². The first-order chi connectivity index (χ1) is 12.7. The van der Waals surface area contributed by atoms with E-state index in [2.05, 4.69) is 34.6 Å². The number of aromatic nitrogens is 1. The third-order valence-corrected chi connectivity index (χ3v) is 6.14. The smallest absolute Gasteiger partial charge is 0.226 e. The van der Waals surface area contributed by atoms with Gasteiger partial charge in [-0.25, -0.2) is 4.98 Å². The molecule has 3 aromatic carbocycles. The minimum absolute atomic E-state index is 0.0187. The molecule has 0 saturated heterocycles. The summed E-state index contributed by atoms with van der Waals surface area (Å²) in [7, 11) is 0. The molecule has 4 rings (SSSR count). The van der Waals surface area contributed by atoms with Gasteiger partial charge in [-0.2, -0.15) is 0 Å². The van der Waals surface area contributed by atoms with Crippen LogP contribution < -0.4 is 5.32 Å². The fourth-order valence-corrected chi connectivity index (χ4v) is 4.57. The Morgan fingerprint density at radius 1 is 1.08 bits per heavy atom. The number of nitrogens with zero attached hydrogens (tertiary/aromatic N) is 1. The number of benzene rings is 3. The Hall–Kier alpha value is -2.08. The fraction of sp³-hybridized carbons (Fsp3) is 0.100. The Morgan fingerprint density at radius 3 is 2.73 bits per heavy atom. The average molecular weight is 399 g/mol. The number of hydrogen-bond acceptors (Lipinski definition) is 4. The summed E-state index contributed by atoms with van der Waals surface area (Å²) in [4.78, 5) is 17.9. The van der Waals surface area contributed by atoms with E-state index in [4.69, 9.17) is 11.6 Å². The quantitative estimate of drug-likeness (QED) is 0.405. The third kappa shape index (κ3) is 3.85. The summed E-state index contributed by atoms with van der Waals surface area (Å²) in [5.41, 5.74) is 0.943. The molecule has 0 fully saturated rings. The Balaban J connectivity index is 1.41. The first kappa shape index (κ1) is 17.3. The largest absolute Gasteiger partial charge is 0.302 e. The van der Waals surface area contributed by atoms with Gasteiger partial charge in [0.2, 0.25) is 5.91 Å². The number of anilines is 1. The molecule has 0 bridgehead atoms. The molecule has 0 unspecified atom stereocenters. The highest BCUT2D eigenvalue weighted by Gasteiger charge is 2.10. The van der Waals surface area contributed by atoms with Crippen molar-refractivity contribution < 1.29 is 4.79 Å². The van der Waals surface area contributed by atoms with Gasteiger partial charge in [0.25, 0.3) is 0 Å². The van der Waals surface area contributed by atoms with Crippen molar-refractivity contribution in [1.29, 1.82) is 0 Å². The van der Waals surface area contributed by atoms with Gasteiger partial charge in [-0.05, 0) is 35.7 Å². The zero-order valence-corrected chi connectivity index (χ0v) is 16.1. The van der Waals surface area contributed by atoms with Gasteiger partial charge in [0.05, 0.1) is 10.2 Å². The van der Waals surface area contributed by atoms with Crippen LogP contribution in [0.3, 0.4) is 0 Å². The van der Waals surface area contributed by atoms with Crippen LogP contribution in [0.25, 0.3) is 21.0 Å². The molecule has 0 atom stereocenters. The van der Waals surface area contributed by atoms with Gasteiger partial charge in [0.1, 0.15) is 0 Å². The number of hydrogen-bond donors (Lipinski definition) is 1. The molecule has 1 aromatic heterocycles. The predicted molar refractivity (Wildman–Crippen MR) is 113 cm³/mol. The molecule has 1 amide bonds. The van der Waals surface area contributed by atoms with Gasteiger partial charge in [0.15, 0.2) is 5.13 Å². The number of carbonyl (C=O) groups excluding carboxylic acids is 1. The van der Waals surface area contributed by atoms with E-state index in [0.717, 1.165) is 30.9 Å². The van der Waals surface area contributed by atoms with Crippen molar-refractivity contribution in [3.05, 3.63) is 65.7 Å². The number of nitrogens with one attached hydrogen (secondary N) is 1. The van der Waals surface area contributed by atoms with Gasteiger partial charge >= 0.3 is 0 Å². The molecule has 0 aliphatic rings. The SMILES string of the molecule is O=C(CCSc1ccc(Cl)cc1)Nc1nc2c(ccc3ccccc32)s1. The molecule has 0 spiro atoms. The molecule has 0 aliphatic carbocycles. The number of amides is 1. The molecule has 26 heavy (non-hydrogen) atoms. The highest BCUT2D eigenvalue weighted by molar-refractivity contribution is 7.99. The fourth-order valence-electron chi connectivity index (χ4n) is 2.69. The molecule has 0 radical (unpaired) electrons. The van der Waals surface area contributed by atoms with Gasteiger partial charge < -0.3 is 5.32 Å². The first-order valence-corrected chi connectivity index (χ1v) is 10.3. The Bertz CT molecular complexity index is 1080. The maximum atomic E-state index is 12.2. The number of thiazole rings is 1. The van der Waals surface area contributed by atoms with Crippen molar-refractivity contribution in [1.82, 2.24) is 4.98 Å². The lowest BCUT2D eigenvalue weighted by Gasteiger charge is -2.02. The Kier molecular flexibility index (Phi) is 5.11. The minimum Gasteiger partial charge on any atom is -0.302 e. The van der Waals surface area contributed by atoms with E-state index >= 15 is 0 Å². The number of thioether (sulfide) groups is 1. The van der Waals surface area contributed by atoms with E-state index in [-0.39, 0.29) is 5.91 Å². The van der Waals surface area contributed by atoms with Crippen molar-refractivity contribution in [3.63, 3.8) is 0 Å². The Labute approximate surface area is 164 Å². The second-order valence-corrected chi connectivity index (χ2v) is 8.39. The maximum absolute atomic E-state index is 12.2. The van der Waals surface area contributed by atoms with Crippen LogP contribution in [0.1, 0.15) is 6.42 Å². The molecule has 0 aliphatic heterocycles. The van der Waals surface area contributed by atoms with E-state index in [9.17, 15) is 4.79 Å². The lowest BCUT2D eigenvalue weighted by Crippen LogP contribution is -2.11. The van der Waals surface area contributed by atoms with Crippen molar-refractivity contribution in [3.8, 4) is 0 Å². The number of halogens is 1. The lowest BCUT2D eigenvalue weighted by atomic mass is 10.1. The topological polar surface area (TPSA) is 42.0 Å². The van der Waals surface area contributed by atoms with Crippen molar-refractivity contribution in [2.75, 3.05) is 11.1 Å². The van der Waals surface area contributed by atoms with E-state index in [0.29, 0.717) is 17.3 Å². The number of rotatable bonds is 5. The number of fused-ring (bicyclic) bond motifs is 3. The molecule has 6 heteroatoms. The van der Waals surface area contributed by atoms with Crippen LogP contribution in [-0.2, 0) is 4.79 Å². The van der Waals surface area contributed by atoms with E-state index < -0.39 is 0 Å². The monoisotopic (exact) mass is 398 g/mol. The molecule has 0 saturated carbocycles. The van der Waals surface area contributed by atoms with E-state index in [1.165, 1.54) is 11.3 Å². The van der Waals surface area contributed by atoms with Crippen molar-refractivity contribution in [2.24, 2.45) is 0 Å². The molecule has 130 valence electrons. The first-order valence-electron chi connectivity index (χ1n) is 8.15. The molecule has 4 aromatic rings. The third-order valence-electron chi connectivity index (χ3n) is 3.94. The summed E-state index contributed by atoms with van der Waals surface area (Å²) in [5, 5.41) is 6.56. The van der Waals surface area contributed by atoms with Crippen LogP contribution in [0.15, 0.2) is 65.6 Å². The van der Waals surface area contributed by atoms with Gasteiger partial charge in [-0.15, -0.1) is 11.8 Å². The average Bonchev–Trinajstić information content (AvgIpc) is 3.06. The maximum Gasteiger partial charge on any atom is 0.226 e. The molecule has 3 nitrogen and oxygen atoms in total. The van der Waals surface area contributed by atoms with Crippen LogP contribution in [0.4, 0.5) is 5.13 Å². The standard InChI is InChI=1S/C20H15ClN2OS2/c21-14-6-8-15(9-7-14)25-12-11-18(24)22-20-23-19-16-4-2-1-3-13(16)5-10-17(19)26-20/h1-10H,11-12H2,(H,22,23,24). The summed E-state index contributed by atoms with van der Waals surface area (Å²) in [6, 6.07) is 19.9. The van der Waals surface area contributed by atoms with Gasteiger partial charge in [-0.3, -0.25) is 4.79 Å². The van der Waals surface area contributed by atoms with Crippen LogP contribution in [-0.4, -0.2) is 16.6 Å². The highest BCUT2D eigenvalue weighted by Crippen LogP contribution is 2.31. The Morgan fingerprint density at radius 2 is 1.88 bits per heavy atom. The normalized spacial score (nSPS) is 11.1. The summed E-state index contributed by atoms with van der Waals surface area (Å²) < 4.78 is 1.08. The summed E-state index contributed by atoms with van der Waals surface area (Å²) in [5.74, 6) is 0.691. The van der Waals surface area contributed by atoms with E-state index in [1.54, 1.807) is 11.8 Å². The van der Waals surface area contributed by atoms with Gasteiger partial charge in [0, 0.05) is 27.5 Å². The summed E-state index contributed by atoms with van der Waals surface area (Å²) >= 11 is 9.02. The molecular formula is C20H15ClN2OS2. The molecular weight excluding hydrogens is 384 g/mol. The zero-order chi connectivity index (χ0) is 17.9. The van der Waals surface area contributed by atoms with Crippen LogP contribution in [0, 0.1) is 0 Å². The molecule has 1 heterocycles. The van der Waals surface area contributed by atoms with Crippen molar-refractivity contribution >= 4 is 66.7 Å². The summed E-state index contributed by atoms with van der Waals surface area (Å²) in [6.45, 7) is 0. The summed E-state index contributed by atoms with van der Waals surface area (Å²) in [6.07, 6.45) is 0.434. The van der Waals surface area contributed by atoms with Crippen LogP contribution in [0.2, 0.25) is 5.02 Å². The van der Waals surface area contributed by atoms with Crippen molar-refractivity contribution in [2.45, 2.75) is 11.3 Å². The minimum atomic E-state index is -0.0187. The van der Waals surface area contributed by atoms with Crippen LogP contribution >= 0.6 is 34.7 Å². The molecule has 1 N–H and O–H groups in total. The zero-order valence-electron chi connectivity index (χ0n) is 13.7. The predicted octanol–water partition coefficient (Wildman–Crippen LogP) is 6.22. The van der Waals surface area contributed by atoms with Crippen LogP contribution in [0.5, 0.6) is 0 Å². The number of carbonyl (C=O) groups is 1.